The van der Waals surface area contributed by atoms with E-state index < -0.39 is 10.5 Å². The van der Waals surface area contributed by atoms with Crippen LogP contribution >= 0.6 is 23.2 Å². The maximum atomic E-state index is 13.0. The maximum absolute atomic E-state index is 13.0. The minimum atomic E-state index is -0.737. The molecule has 1 spiro atoms. The molecule has 32 heavy (non-hydrogen) atoms. The van der Waals surface area contributed by atoms with Crippen LogP contribution in [0.4, 0.5) is 11.4 Å². The highest BCUT2D eigenvalue weighted by Crippen LogP contribution is 2.44. The van der Waals surface area contributed by atoms with Crippen LogP contribution in [-0.4, -0.2) is 54.3 Å². The Kier molecular flexibility index (Phi) is 5.77. The number of hydrogen-bond donors (Lipinski definition) is 0. The van der Waals surface area contributed by atoms with Crippen LogP contribution in [0.25, 0.3) is 0 Å². The molecule has 2 aromatic rings. The number of carbonyl (C=O) groups excluding carboxylic acids is 2. The van der Waals surface area contributed by atoms with Crippen molar-refractivity contribution >= 4 is 46.3 Å². The number of anilines is 1. The van der Waals surface area contributed by atoms with Gasteiger partial charge >= 0.3 is 0 Å². The molecule has 0 saturated carbocycles. The lowest BCUT2D eigenvalue weighted by Crippen LogP contribution is -2.52. The van der Waals surface area contributed by atoms with Crippen LogP contribution in [0, 0.1) is 10.1 Å². The number of nitro benzene ring substituents is 1. The number of amides is 1. The predicted molar refractivity (Wildman–Crippen MR) is 121 cm³/mol. The molecule has 1 saturated heterocycles. The lowest BCUT2D eigenvalue weighted by Gasteiger charge is -2.44. The van der Waals surface area contributed by atoms with Gasteiger partial charge in [0.15, 0.2) is 5.78 Å². The Bertz CT molecular complexity index is 1130. The lowest BCUT2D eigenvalue weighted by molar-refractivity contribution is -0.384. The number of Topliss-reactive ketones (excluding diaryl/α,β-unsaturated/α-hetero) is 1. The molecular weight excluding hydrogens is 457 g/mol. The van der Waals surface area contributed by atoms with Crippen molar-refractivity contribution in [2.75, 3.05) is 32.1 Å². The van der Waals surface area contributed by atoms with Gasteiger partial charge in [0.2, 0.25) is 0 Å². The van der Waals surface area contributed by atoms with Crippen molar-refractivity contribution in [1.82, 2.24) is 4.90 Å². The molecule has 0 N–H and O–H groups in total. The Morgan fingerprint density at radius 1 is 1.19 bits per heavy atom. The molecule has 10 heteroatoms. The van der Waals surface area contributed by atoms with Gasteiger partial charge in [0.1, 0.15) is 17.0 Å². The zero-order valence-electron chi connectivity index (χ0n) is 17.6. The smallest absolute Gasteiger partial charge is 0.293 e. The Balaban J connectivity index is 1.52. The van der Waals surface area contributed by atoms with E-state index in [0.717, 1.165) is 0 Å². The first-order valence-electron chi connectivity index (χ1n) is 10.1. The summed E-state index contributed by atoms with van der Waals surface area (Å²) in [6.07, 6.45) is 1.07. The fourth-order valence-corrected chi connectivity index (χ4v) is 4.80. The molecule has 8 nitrogen and oxygen atoms in total. The summed E-state index contributed by atoms with van der Waals surface area (Å²) in [5, 5.41) is 12.1. The van der Waals surface area contributed by atoms with Crippen LogP contribution < -0.4 is 9.64 Å². The minimum Gasteiger partial charge on any atom is -0.484 e. The van der Waals surface area contributed by atoms with E-state index in [-0.39, 0.29) is 34.4 Å². The summed E-state index contributed by atoms with van der Waals surface area (Å²) in [5.41, 5.74) is 0.190. The molecule has 0 aliphatic carbocycles. The van der Waals surface area contributed by atoms with E-state index in [1.165, 1.54) is 12.1 Å². The van der Waals surface area contributed by atoms with Crippen LogP contribution in [0.5, 0.6) is 5.75 Å². The Labute approximate surface area is 194 Å². The van der Waals surface area contributed by atoms with Crippen molar-refractivity contribution in [2.24, 2.45) is 0 Å². The number of hydrogen-bond acceptors (Lipinski definition) is 6. The molecule has 4 rings (SSSR count). The zero-order chi connectivity index (χ0) is 23.2. The number of fused-ring (bicyclic) bond motifs is 1. The molecule has 0 unspecified atom stereocenters. The molecule has 168 valence electrons. The zero-order valence-corrected chi connectivity index (χ0v) is 19.1. The van der Waals surface area contributed by atoms with Gasteiger partial charge < -0.3 is 14.5 Å². The third-order valence-corrected chi connectivity index (χ3v) is 6.47. The molecular formula is C22H21Cl2N3O5. The van der Waals surface area contributed by atoms with E-state index in [1.807, 2.05) is 0 Å². The summed E-state index contributed by atoms with van der Waals surface area (Å²) < 4.78 is 6.20. The fraction of sp³-hybridized carbons (Fsp3) is 0.364. The van der Waals surface area contributed by atoms with Crippen molar-refractivity contribution in [2.45, 2.75) is 24.9 Å². The number of likely N-dealkylation sites (tertiary alicyclic amines) is 1. The molecule has 0 aromatic heterocycles. The van der Waals surface area contributed by atoms with Crippen molar-refractivity contribution in [3.8, 4) is 5.75 Å². The standard InChI is InChI=1S/C22H21Cl2N3O5/c1-25(2)17-4-3-13(9-18(17)27(30)31)21(29)26-7-5-22(6-8-26)12-19(28)15-10-14(23)11-16(24)20(15)32-22/h3-4,9-11H,5-8,12H2,1-2H3. The van der Waals surface area contributed by atoms with Gasteiger partial charge in [0.25, 0.3) is 11.6 Å². The van der Waals surface area contributed by atoms with Crippen molar-refractivity contribution in [1.29, 1.82) is 0 Å². The van der Waals surface area contributed by atoms with E-state index in [9.17, 15) is 19.7 Å². The fourth-order valence-electron chi connectivity index (χ4n) is 4.27. The summed E-state index contributed by atoms with van der Waals surface area (Å²) in [6.45, 7) is 0.714. The molecule has 0 radical (unpaired) electrons. The summed E-state index contributed by atoms with van der Waals surface area (Å²) in [4.78, 5) is 40.0. The number of nitrogens with zero attached hydrogens (tertiary/aromatic N) is 3. The SMILES string of the molecule is CN(C)c1ccc(C(=O)N2CCC3(CC2)CC(=O)c2cc(Cl)cc(Cl)c2O3)cc1[N+](=O)[O-]. The van der Waals surface area contributed by atoms with E-state index >= 15 is 0 Å². The average molecular weight is 478 g/mol. The summed E-state index contributed by atoms with van der Waals surface area (Å²) in [5.74, 6) is -0.0482. The number of carbonyl (C=O) groups is 2. The summed E-state index contributed by atoms with van der Waals surface area (Å²) in [7, 11) is 3.41. The number of ether oxygens (including phenoxy) is 1. The van der Waals surface area contributed by atoms with E-state index in [1.54, 1.807) is 42.1 Å². The average Bonchev–Trinajstić information content (AvgIpc) is 2.74. The highest BCUT2D eigenvalue weighted by atomic mass is 35.5. The van der Waals surface area contributed by atoms with Crippen LogP contribution in [0.3, 0.4) is 0 Å². The van der Waals surface area contributed by atoms with E-state index in [4.69, 9.17) is 27.9 Å². The first-order valence-corrected chi connectivity index (χ1v) is 10.8. The predicted octanol–water partition coefficient (Wildman–Crippen LogP) is 4.61. The van der Waals surface area contributed by atoms with E-state index in [0.29, 0.717) is 48.0 Å². The van der Waals surface area contributed by atoms with Gasteiger partial charge in [-0.2, -0.15) is 0 Å². The van der Waals surface area contributed by atoms with Crippen LogP contribution in [0.1, 0.15) is 40.0 Å². The van der Waals surface area contributed by atoms with Gasteiger partial charge in [-0.3, -0.25) is 19.7 Å². The number of nitro groups is 1. The second kappa shape index (κ2) is 8.26. The number of piperidine rings is 1. The Morgan fingerprint density at radius 2 is 1.88 bits per heavy atom. The summed E-state index contributed by atoms with van der Waals surface area (Å²) in [6, 6.07) is 7.57. The van der Waals surface area contributed by atoms with Crippen LogP contribution in [-0.2, 0) is 0 Å². The summed E-state index contributed by atoms with van der Waals surface area (Å²) >= 11 is 12.3. The van der Waals surface area contributed by atoms with Gasteiger partial charge in [-0.25, -0.2) is 0 Å². The molecule has 2 heterocycles. The van der Waals surface area contributed by atoms with Gasteiger partial charge in [-0.1, -0.05) is 23.2 Å². The molecule has 2 aliphatic rings. The van der Waals surface area contributed by atoms with Crippen molar-refractivity contribution < 1.29 is 19.2 Å². The Morgan fingerprint density at radius 3 is 2.50 bits per heavy atom. The number of halogens is 2. The van der Waals surface area contributed by atoms with Gasteiger partial charge in [-0.15, -0.1) is 0 Å². The largest absolute Gasteiger partial charge is 0.484 e. The molecule has 2 aromatic carbocycles. The van der Waals surface area contributed by atoms with Gasteiger partial charge in [-0.05, 0) is 24.3 Å². The maximum Gasteiger partial charge on any atom is 0.293 e. The van der Waals surface area contributed by atoms with Gasteiger partial charge in [0, 0.05) is 56.7 Å². The topological polar surface area (TPSA) is 93.0 Å². The molecule has 0 bridgehead atoms. The molecule has 1 fully saturated rings. The van der Waals surface area contributed by atoms with Gasteiger partial charge in [0.05, 0.1) is 21.9 Å². The second-order valence-corrected chi connectivity index (χ2v) is 9.14. The third-order valence-electron chi connectivity index (χ3n) is 5.97. The quantitative estimate of drug-likeness (QED) is 0.473. The third kappa shape index (κ3) is 4.00. The number of ketones is 1. The highest BCUT2D eigenvalue weighted by Gasteiger charge is 2.44. The molecule has 1 amide bonds. The van der Waals surface area contributed by atoms with Crippen molar-refractivity contribution in [3.05, 3.63) is 61.6 Å². The van der Waals surface area contributed by atoms with Crippen molar-refractivity contribution in [3.63, 3.8) is 0 Å². The molecule has 0 atom stereocenters. The minimum absolute atomic E-state index is 0.0923. The number of benzene rings is 2. The van der Waals surface area contributed by atoms with Crippen LogP contribution in [0.2, 0.25) is 10.0 Å². The highest BCUT2D eigenvalue weighted by molar-refractivity contribution is 6.36. The number of rotatable bonds is 3. The Hall–Kier alpha value is -2.84. The monoisotopic (exact) mass is 477 g/mol. The van der Waals surface area contributed by atoms with Crippen LogP contribution in [0.15, 0.2) is 30.3 Å². The first-order chi connectivity index (χ1) is 15.1. The van der Waals surface area contributed by atoms with E-state index in [2.05, 4.69) is 0 Å². The normalized spacial score (nSPS) is 17.0. The lowest BCUT2D eigenvalue weighted by atomic mass is 9.82. The molecule has 2 aliphatic heterocycles. The first kappa shape index (κ1) is 22.4. The second-order valence-electron chi connectivity index (χ2n) is 8.30.